The Hall–Kier alpha value is -1.26. The van der Waals surface area contributed by atoms with E-state index in [0.29, 0.717) is 13.1 Å². The number of hydrogen-bond acceptors (Lipinski definition) is 2. The molecule has 5 nitrogen and oxygen atoms in total. The van der Waals surface area contributed by atoms with E-state index >= 15 is 0 Å². The highest BCUT2D eigenvalue weighted by Gasteiger charge is 2.33. The van der Waals surface area contributed by atoms with Crippen molar-refractivity contribution < 1.29 is 9.59 Å². The summed E-state index contributed by atoms with van der Waals surface area (Å²) in [7, 11) is 1.60. The van der Waals surface area contributed by atoms with Gasteiger partial charge in [-0.05, 0) is 19.3 Å². The zero-order valence-electron chi connectivity index (χ0n) is 10.1. The van der Waals surface area contributed by atoms with Crippen LogP contribution in [0.15, 0.2) is 0 Å². The molecule has 2 N–H and O–H groups in total. The Morgan fingerprint density at radius 3 is 2.81 bits per heavy atom. The number of carbonyl (C=O) groups excluding carboxylic acids is 2. The fourth-order valence-electron chi connectivity index (χ4n) is 1.92. The van der Waals surface area contributed by atoms with Gasteiger partial charge in [0.1, 0.15) is 6.04 Å². The molecule has 0 unspecified atom stereocenters. The fourth-order valence-corrected chi connectivity index (χ4v) is 1.92. The van der Waals surface area contributed by atoms with Crippen molar-refractivity contribution in [2.24, 2.45) is 0 Å². The third-order valence-corrected chi connectivity index (χ3v) is 2.87. The van der Waals surface area contributed by atoms with E-state index in [1.807, 2.05) is 0 Å². The van der Waals surface area contributed by atoms with Crippen molar-refractivity contribution in [1.29, 1.82) is 0 Å². The van der Waals surface area contributed by atoms with Crippen LogP contribution in [0.4, 0.5) is 4.79 Å². The van der Waals surface area contributed by atoms with E-state index in [2.05, 4.69) is 17.6 Å². The minimum absolute atomic E-state index is 0.0665. The van der Waals surface area contributed by atoms with Gasteiger partial charge < -0.3 is 15.5 Å². The lowest BCUT2D eigenvalue weighted by molar-refractivity contribution is -0.124. The van der Waals surface area contributed by atoms with Gasteiger partial charge in [-0.1, -0.05) is 13.3 Å². The van der Waals surface area contributed by atoms with E-state index in [1.165, 1.54) is 0 Å². The summed E-state index contributed by atoms with van der Waals surface area (Å²) in [5, 5.41) is 5.44. The number of urea groups is 1. The molecule has 0 spiro atoms. The van der Waals surface area contributed by atoms with Crippen LogP contribution in [0.25, 0.3) is 0 Å². The summed E-state index contributed by atoms with van der Waals surface area (Å²) in [4.78, 5) is 24.9. The van der Waals surface area contributed by atoms with Crippen molar-refractivity contribution in [2.75, 3.05) is 20.1 Å². The molecule has 1 heterocycles. The van der Waals surface area contributed by atoms with E-state index in [1.54, 1.807) is 11.9 Å². The zero-order chi connectivity index (χ0) is 12.0. The molecule has 0 aromatic rings. The van der Waals surface area contributed by atoms with Gasteiger partial charge in [-0.15, -0.1) is 0 Å². The highest BCUT2D eigenvalue weighted by atomic mass is 16.2. The lowest BCUT2D eigenvalue weighted by atomic mass is 10.2. The van der Waals surface area contributed by atoms with Crippen LogP contribution in [0, 0.1) is 0 Å². The van der Waals surface area contributed by atoms with E-state index in [0.717, 1.165) is 25.7 Å². The summed E-state index contributed by atoms with van der Waals surface area (Å²) in [5.74, 6) is -0.0665. The average Bonchev–Trinajstić information content (AvgIpc) is 2.77. The van der Waals surface area contributed by atoms with Crippen LogP contribution < -0.4 is 10.6 Å². The van der Waals surface area contributed by atoms with Gasteiger partial charge in [-0.3, -0.25) is 4.79 Å². The summed E-state index contributed by atoms with van der Waals surface area (Å²) in [6.07, 6.45) is 3.70. The van der Waals surface area contributed by atoms with Crippen molar-refractivity contribution in [1.82, 2.24) is 15.5 Å². The van der Waals surface area contributed by atoms with Gasteiger partial charge in [0.2, 0.25) is 5.91 Å². The van der Waals surface area contributed by atoms with Gasteiger partial charge in [-0.25, -0.2) is 4.79 Å². The Labute approximate surface area is 96.6 Å². The highest BCUT2D eigenvalue weighted by Crippen LogP contribution is 2.17. The Morgan fingerprint density at radius 2 is 2.19 bits per heavy atom. The van der Waals surface area contributed by atoms with Gasteiger partial charge in [0.25, 0.3) is 0 Å². The number of likely N-dealkylation sites (tertiary alicyclic amines) is 1. The van der Waals surface area contributed by atoms with Crippen LogP contribution in [0.1, 0.15) is 32.6 Å². The summed E-state index contributed by atoms with van der Waals surface area (Å²) in [6.45, 7) is 3.44. The van der Waals surface area contributed by atoms with Crippen LogP contribution in [0.5, 0.6) is 0 Å². The molecule has 1 saturated heterocycles. The lowest BCUT2D eigenvalue weighted by Crippen LogP contribution is -2.49. The van der Waals surface area contributed by atoms with Crippen molar-refractivity contribution in [3.8, 4) is 0 Å². The number of nitrogens with one attached hydrogen (secondary N) is 2. The van der Waals surface area contributed by atoms with E-state index in [9.17, 15) is 9.59 Å². The van der Waals surface area contributed by atoms with Crippen molar-refractivity contribution in [3.05, 3.63) is 0 Å². The second-order valence-electron chi connectivity index (χ2n) is 4.05. The second-order valence-corrected chi connectivity index (χ2v) is 4.05. The number of nitrogens with zero attached hydrogens (tertiary/aromatic N) is 1. The second kappa shape index (κ2) is 6.35. The normalized spacial score (nSPS) is 19.6. The average molecular weight is 227 g/mol. The van der Waals surface area contributed by atoms with Gasteiger partial charge >= 0.3 is 6.03 Å². The third-order valence-electron chi connectivity index (χ3n) is 2.87. The predicted octanol–water partition coefficient (Wildman–Crippen LogP) is 0.706. The third kappa shape index (κ3) is 3.12. The molecule has 0 aliphatic carbocycles. The molecular formula is C11H21N3O2. The highest BCUT2D eigenvalue weighted by molar-refractivity contribution is 5.87. The number of rotatable bonds is 4. The molecule has 0 radical (unpaired) electrons. The first kappa shape index (κ1) is 12.8. The van der Waals surface area contributed by atoms with Gasteiger partial charge in [0.05, 0.1) is 0 Å². The zero-order valence-corrected chi connectivity index (χ0v) is 10.1. The van der Waals surface area contributed by atoms with E-state index in [-0.39, 0.29) is 18.0 Å². The van der Waals surface area contributed by atoms with Gasteiger partial charge in [0, 0.05) is 20.1 Å². The molecule has 0 bridgehead atoms. The number of unbranched alkanes of at least 4 members (excludes halogenated alkanes) is 1. The molecule has 1 fully saturated rings. The quantitative estimate of drug-likeness (QED) is 0.695. The summed E-state index contributed by atoms with van der Waals surface area (Å²) < 4.78 is 0. The van der Waals surface area contributed by atoms with E-state index < -0.39 is 0 Å². The first-order valence-corrected chi connectivity index (χ1v) is 5.96. The molecular weight excluding hydrogens is 206 g/mol. The maximum atomic E-state index is 11.8. The molecule has 1 aliphatic rings. The van der Waals surface area contributed by atoms with Crippen LogP contribution >= 0.6 is 0 Å². The molecule has 0 saturated carbocycles. The van der Waals surface area contributed by atoms with Crippen molar-refractivity contribution >= 4 is 11.9 Å². The SMILES string of the molecule is CCCCNC(=O)N1CCC[C@@H]1C(=O)NC. The Morgan fingerprint density at radius 1 is 1.44 bits per heavy atom. The lowest BCUT2D eigenvalue weighted by Gasteiger charge is -2.23. The van der Waals surface area contributed by atoms with Crippen LogP contribution in [0.3, 0.4) is 0 Å². The Bertz CT molecular complexity index is 256. The standard InChI is InChI=1S/C11H21N3O2/c1-3-4-7-13-11(16)14-8-5-6-9(14)10(15)12-2/h9H,3-8H2,1-2H3,(H,12,15)(H,13,16)/t9-/m1/s1. The van der Waals surface area contributed by atoms with E-state index in [4.69, 9.17) is 0 Å². The largest absolute Gasteiger partial charge is 0.357 e. The number of likely N-dealkylation sites (N-methyl/N-ethyl adjacent to an activating group) is 1. The topological polar surface area (TPSA) is 61.4 Å². The minimum atomic E-state index is -0.286. The number of amides is 3. The van der Waals surface area contributed by atoms with Crippen LogP contribution in [0.2, 0.25) is 0 Å². The summed E-state index contributed by atoms with van der Waals surface area (Å²) >= 11 is 0. The number of hydrogen-bond donors (Lipinski definition) is 2. The van der Waals surface area contributed by atoms with Gasteiger partial charge in [0.15, 0.2) is 0 Å². The molecule has 92 valence electrons. The predicted molar refractivity (Wildman–Crippen MR) is 62.1 cm³/mol. The van der Waals surface area contributed by atoms with Crippen molar-refractivity contribution in [3.63, 3.8) is 0 Å². The smallest absolute Gasteiger partial charge is 0.318 e. The molecule has 16 heavy (non-hydrogen) atoms. The fraction of sp³-hybridized carbons (Fsp3) is 0.818. The maximum Gasteiger partial charge on any atom is 0.318 e. The molecule has 1 rings (SSSR count). The Kier molecular flexibility index (Phi) is 5.08. The van der Waals surface area contributed by atoms with Gasteiger partial charge in [-0.2, -0.15) is 0 Å². The summed E-state index contributed by atoms with van der Waals surface area (Å²) in [5.41, 5.74) is 0. The first-order chi connectivity index (χ1) is 7.70. The molecule has 1 atom stereocenters. The maximum absolute atomic E-state index is 11.8. The molecule has 5 heteroatoms. The monoisotopic (exact) mass is 227 g/mol. The van der Waals surface area contributed by atoms with Crippen LogP contribution in [-0.2, 0) is 4.79 Å². The van der Waals surface area contributed by atoms with Crippen LogP contribution in [-0.4, -0.2) is 43.0 Å². The minimum Gasteiger partial charge on any atom is -0.357 e. The molecule has 0 aromatic heterocycles. The summed E-state index contributed by atoms with van der Waals surface area (Å²) in [6, 6.07) is -0.397. The molecule has 1 aliphatic heterocycles. The Balaban J connectivity index is 2.44. The number of carbonyl (C=O) groups is 2. The first-order valence-electron chi connectivity index (χ1n) is 5.96. The van der Waals surface area contributed by atoms with Crippen molar-refractivity contribution in [2.45, 2.75) is 38.6 Å². The molecule has 3 amide bonds. The molecule has 0 aromatic carbocycles.